The highest BCUT2D eigenvalue weighted by atomic mass is 15.1. The van der Waals surface area contributed by atoms with Gasteiger partial charge in [0.2, 0.25) is 5.82 Å². The molecule has 1 aliphatic rings. The first-order chi connectivity index (χ1) is 9.10. The summed E-state index contributed by atoms with van der Waals surface area (Å²) < 4.78 is 1.91. The van der Waals surface area contributed by atoms with E-state index in [2.05, 4.69) is 36.3 Å². The zero-order chi connectivity index (χ0) is 13.9. The lowest BCUT2D eigenvalue weighted by atomic mass is 9.79. The molecule has 1 fully saturated rings. The molecule has 1 aromatic rings. The van der Waals surface area contributed by atoms with E-state index in [-0.39, 0.29) is 12.1 Å². The van der Waals surface area contributed by atoms with E-state index in [1.165, 1.54) is 0 Å². The van der Waals surface area contributed by atoms with Crippen molar-refractivity contribution in [1.29, 1.82) is 10.5 Å². The Morgan fingerprint density at radius 1 is 1.53 bits per heavy atom. The van der Waals surface area contributed by atoms with Crippen LogP contribution in [0.25, 0.3) is 0 Å². The molecule has 2 rings (SSSR count). The topological polar surface area (TPSA) is 77.4 Å². The maximum Gasteiger partial charge on any atom is 0.212 e. The maximum atomic E-state index is 9.53. The Bertz CT molecular complexity index is 519. The molecule has 0 spiro atoms. The summed E-state index contributed by atoms with van der Waals surface area (Å²) in [4.78, 5) is 4.04. The summed E-state index contributed by atoms with van der Waals surface area (Å²) in [5.74, 6) is 0.434. The van der Waals surface area contributed by atoms with Crippen LogP contribution in [0.3, 0.4) is 0 Å². The molecule has 0 bridgehead atoms. The van der Waals surface area contributed by atoms with Crippen molar-refractivity contribution in [1.82, 2.24) is 14.9 Å². The second-order valence-electron chi connectivity index (χ2n) is 5.51. The Kier molecular flexibility index (Phi) is 3.87. The molecular weight excluding hydrogens is 238 g/mol. The third-order valence-corrected chi connectivity index (χ3v) is 3.67. The third kappa shape index (κ3) is 2.77. The molecule has 0 aliphatic heterocycles. The van der Waals surface area contributed by atoms with E-state index < -0.39 is 5.54 Å². The van der Waals surface area contributed by atoms with Crippen molar-refractivity contribution < 1.29 is 0 Å². The second-order valence-corrected chi connectivity index (χ2v) is 5.51. The molecule has 1 aromatic heterocycles. The molecule has 100 valence electrons. The van der Waals surface area contributed by atoms with Gasteiger partial charge in [-0.05, 0) is 39.5 Å². The van der Waals surface area contributed by atoms with E-state index >= 15 is 0 Å². The van der Waals surface area contributed by atoms with Crippen LogP contribution in [0, 0.1) is 22.7 Å². The first-order valence-electron chi connectivity index (χ1n) is 6.72. The quantitative estimate of drug-likeness (QED) is 0.899. The number of hydrogen-bond acceptors (Lipinski definition) is 4. The SMILES string of the molecule is CC(C)NC1(C#N)CCCC(n2ccnc2C#N)C1. The van der Waals surface area contributed by atoms with Gasteiger partial charge in [-0.15, -0.1) is 0 Å². The predicted molar refractivity (Wildman–Crippen MR) is 71.1 cm³/mol. The van der Waals surface area contributed by atoms with Crippen LogP contribution in [0.2, 0.25) is 0 Å². The van der Waals surface area contributed by atoms with E-state index in [4.69, 9.17) is 5.26 Å². The van der Waals surface area contributed by atoms with Crippen molar-refractivity contribution in [3.05, 3.63) is 18.2 Å². The van der Waals surface area contributed by atoms with E-state index in [1.54, 1.807) is 6.20 Å². The van der Waals surface area contributed by atoms with Gasteiger partial charge in [-0.3, -0.25) is 5.32 Å². The monoisotopic (exact) mass is 257 g/mol. The molecule has 0 amide bonds. The van der Waals surface area contributed by atoms with Gasteiger partial charge < -0.3 is 4.57 Å². The Morgan fingerprint density at radius 2 is 2.32 bits per heavy atom. The Morgan fingerprint density at radius 3 is 2.95 bits per heavy atom. The van der Waals surface area contributed by atoms with E-state index in [1.807, 2.05) is 10.8 Å². The smallest absolute Gasteiger partial charge is 0.212 e. The van der Waals surface area contributed by atoms with Gasteiger partial charge in [0.05, 0.1) is 6.07 Å². The molecule has 2 atom stereocenters. The standard InChI is InChI=1S/C14H19N5/c1-11(2)18-14(10-16)5-3-4-12(8-14)19-7-6-17-13(19)9-15/h6-7,11-12,18H,3-5,8H2,1-2H3. The van der Waals surface area contributed by atoms with Crippen LogP contribution in [0.4, 0.5) is 0 Å². The fraction of sp³-hybridized carbons (Fsp3) is 0.643. The van der Waals surface area contributed by atoms with Crippen LogP contribution in [-0.2, 0) is 0 Å². The zero-order valence-electron chi connectivity index (χ0n) is 11.4. The minimum atomic E-state index is -0.478. The molecule has 2 unspecified atom stereocenters. The first-order valence-corrected chi connectivity index (χ1v) is 6.72. The van der Waals surface area contributed by atoms with Gasteiger partial charge >= 0.3 is 0 Å². The summed E-state index contributed by atoms with van der Waals surface area (Å²) in [7, 11) is 0. The zero-order valence-corrected chi connectivity index (χ0v) is 11.4. The lowest BCUT2D eigenvalue weighted by Crippen LogP contribution is -2.50. The summed E-state index contributed by atoms with van der Waals surface area (Å²) in [6.07, 6.45) is 7.07. The van der Waals surface area contributed by atoms with E-state index in [0.717, 1.165) is 25.7 Å². The highest BCUT2D eigenvalue weighted by Crippen LogP contribution is 2.36. The van der Waals surface area contributed by atoms with Crippen LogP contribution in [0.5, 0.6) is 0 Å². The summed E-state index contributed by atoms with van der Waals surface area (Å²) >= 11 is 0. The lowest BCUT2D eigenvalue weighted by molar-refractivity contribution is 0.218. The minimum Gasteiger partial charge on any atom is -0.319 e. The van der Waals surface area contributed by atoms with Gasteiger partial charge in [0.15, 0.2) is 0 Å². The largest absolute Gasteiger partial charge is 0.319 e. The van der Waals surface area contributed by atoms with Gasteiger partial charge in [0, 0.05) is 24.5 Å². The van der Waals surface area contributed by atoms with Gasteiger partial charge in [-0.1, -0.05) is 0 Å². The summed E-state index contributed by atoms with van der Waals surface area (Å²) in [6.45, 7) is 4.11. The molecule has 5 heteroatoms. The Balaban J connectivity index is 2.22. The molecule has 5 nitrogen and oxygen atoms in total. The van der Waals surface area contributed by atoms with E-state index in [0.29, 0.717) is 5.82 Å². The maximum absolute atomic E-state index is 9.53. The molecule has 1 N–H and O–H groups in total. The fourth-order valence-corrected chi connectivity index (χ4v) is 3.00. The molecule has 0 aromatic carbocycles. The highest BCUT2D eigenvalue weighted by Gasteiger charge is 2.37. The van der Waals surface area contributed by atoms with Crippen molar-refractivity contribution >= 4 is 0 Å². The summed E-state index contributed by atoms with van der Waals surface area (Å²) in [5, 5.41) is 22.0. The van der Waals surface area contributed by atoms with Crippen LogP contribution in [0.15, 0.2) is 12.4 Å². The first kappa shape index (κ1) is 13.6. The molecule has 1 aliphatic carbocycles. The van der Waals surface area contributed by atoms with Crippen molar-refractivity contribution in [2.24, 2.45) is 0 Å². The summed E-state index contributed by atoms with van der Waals surface area (Å²) in [6, 6.07) is 5.01. The molecule has 0 radical (unpaired) electrons. The van der Waals surface area contributed by atoms with Gasteiger partial charge in [0.1, 0.15) is 11.6 Å². The number of nitrogens with zero attached hydrogens (tertiary/aromatic N) is 4. The van der Waals surface area contributed by atoms with Gasteiger partial charge in [0.25, 0.3) is 0 Å². The number of aromatic nitrogens is 2. The summed E-state index contributed by atoms with van der Waals surface area (Å²) in [5.41, 5.74) is -0.478. The highest BCUT2D eigenvalue weighted by molar-refractivity contribution is 5.16. The third-order valence-electron chi connectivity index (χ3n) is 3.67. The second kappa shape index (κ2) is 5.42. The average Bonchev–Trinajstić information content (AvgIpc) is 2.86. The van der Waals surface area contributed by atoms with Crippen LogP contribution < -0.4 is 5.32 Å². The van der Waals surface area contributed by atoms with Crippen LogP contribution in [0.1, 0.15) is 51.4 Å². The lowest BCUT2D eigenvalue weighted by Gasteiger charge is -2.38. The number of nitriles is 2. The fourth-order valence-electron chi connectivity index (χ4n) is 3.00. The molecule has 1 saturated carbocycles. The molecule has 19 heavy (non-hydrogen) atoms. The predicted octanol–water partition coefficient (Wildman–Crippen LogP) is 2.13. The Hall–Kier alpha value is -1.85. The number of hydrogen-bond donors (Lipinski definition) is 1. The molecule has 1 heterocycles. The Labute approximate surface area is 113 Å². The van der Waals surface area contributed by atoms with Crippen LogP contribution in [-0.4, -0.2) is 21.1 Å². The van der Waals surface area contributed by atoms with Gasteiger partial charge in [-0.25, -0.2) is 4.98 Å². The van der Waals surface area contributed by atoms with Crippen molar-refractivity contribution in [3.8, 4) is 12.1 Å². The minimum absolute atomic E-state index is 0.178. The molecule has 0 saturated heterocycles. The molecular formula is C14H19N5. The average molecular weight is 257 g/mol. The number of rotatable bonds is 3. The number of nitrogens with one attached hydrogen (secondary N) is 1. The van der Waals surface area contributed by atoms with E-state index in [9.17, 15) is 5.26 Å². The van der Waals surface area contributed by atoms with Crippen molar-refractivity contribution in [2.45, 2.75) is 57.2 Å². The van der Waals surface area contributed by atoms with Gasteiger partial charge in [-0.2, -0.15) is 10.5 Å². The van der Waals surface area contributed by atoms with Crippen LogP contribution >= 0.6 is 0 Å². The number of imidazole rings is 1. The van der Waals surface area contributed by atoms with Crippen molar-refractivity contribution in [2.75, 3.05) is 0 Å². The van der Waals surface area contributed by atoms with Crippen molar-refractivity contribution in [3.63, 3.8) is 0 Å². The normalized spacial score (nSPS) is 26.9.